The number of pyridine rings is 1. The maximum Gasteiger partial charge on any atom is 0.269 e. The lowest BCUT2D eigenvalue weighted by Crippen LogP contribution is -2.44. The first-order chi connectivity index (χ1) is 8.66. The van der Waals surface area contributed by atoms with Crippen LogP contribution in [0.2, 0.25) is 5.15 Å². The highest BCUT2D eigenvalue weighted by Crippen LogP contribution is 2.14. The number of amides is 1. The first-order valence-corrected chi connectivity index (χ1v) is 6.65. The zero-order chi connectivity index (χ0) is 13.0. The molecule has 4 nitrogen and oxygen atoms in total. The van der Waals surface area contributed by atoms with Gasteiger partial charge in [0, 0.05) is 12.6 Å². The van der Waals surface area contributed by atoms with Crippen molar-refractivity contribution in [2.24, 2.45) is 0 Å². The van der Waals surface area contributed by atoms with Crippen molar-refractivity contribution >= 4 is 17.5 Å². The van der Waals surface area contributed by atoms with Gasteiger partial charge in [0.15, 0.2) is 0 Å². The number of hydrogen-bond donors (Lipinski definition) is 1. The molecule has 1 aromatic rings. The number of hydrogen-bond acceptors (Lipinski definition) is 3. The molecule has 0 aliphatic carbocycles. The van der Waals surface area contributed by atoms with Crippen LogP contribution in [0.1, 0.15) is 29.8 Å². The fourth-order valence-corrected chi connectivity index (χ4v) is 2.40. The molecule has 1 amide bonds. The molecule has 1 atom stereocenters. The van der Waals surface area contributed by atoms with Gasteiger partial charge in [0.1, 0.15) is 10.8 Å². The molecule has 1 fully saturated rings. The standard InChI is InChI=1S/C13H18ClN3O/c1-17-8-3-2-5-10(17)9-15-13(18)11-6-4-7-12(14)16-11/h4,6-7,10H,2-3,5,8-9H2,1H3,(H,15,18). The van der Waals surface area contributed by atoms with Gasteiger partial charge < -0.3 is 10.2 Å². The Morgan fingerprint density at radius 2 is 2.39 bits per heavy atom. The number of nitrogens with zero attached hydrogens (tertiary/aromatic N) is 2. The van der Waals surface area contributed by atoms with E-state index in [4.69, 9.17) is 11.6 Å². The Morgan fingerprint density at radius 1 is 1.56 bits per heavy atom. The molecule has 1 saturated heterocycles. The van der Waals surface area contributed by atoms with Gasteiger partial charge in [-0.1, -0.05) is 24.1 Å². The van der Waals surface area contributed by atoms with E-state index in [-0.39, 0.29) is 5.91 Å². The van der Waals surface area contributed by atoms with Gasteiger partial charge in [0.2, 0.25) is 0 Å². The molecule has 1 unspecified atom stereocenters. The minimum atomic E-state index is -0.156. The molecule has 0 radical (unpaired) electrons. The topological polar surface area (TPSA) is 45.2 Å². The fourth-order valence-electron chi connectivity index (χ4n) is 2.24. The highest BCUT2D eigenvalue weighted by Gasteiger charge is 2.19. The summed E-state index contributed by atoms with van der Waals surface area (Å²) in [6.07, 6.45) is 3.62. The van der Waals surface area contributed by atoms with Crippen LogP contribution in [0.25, 0.3) is 0 Å². The summed E-state index contributed by atoms with van der Waals surface area (Å²) in [7, 11) is 2.10. The van der Waals surface area contributed by atoms with E-state index in [1.807, 2.05) is 0 Å². The summed E-state index contributed by atoms with van der Waals surface area (Å²) in [5, 5.41) is 3.27. The maximum atomic E-state index is 11.9. The number of halogens is 1. The van der Waals surface area contributed by atoms with Crippen molar-refractivity contribution in [2.75, 3.05) is 20.1 Å². The second-order valence-corrected chi connectivity index (χ2v) is 5.07. The summed E-state index contributed by atoms with van der Waals surface area (Å²) in [6.45, 7) is 1.78. The smallest absolute Gasteiger partial charge is 0.269 e. The van der Waals surface area contributed by atoms with Gasteiger partial charge in [-0.05, 0) is 38.6 Å². The van der Waals surface area contributed by atoms with Crippen LogP contribution in [-0.4, -0.2) is 42.0 Å². The number of piperidine rings is 1. The lowest BCUT2D eigenvalue weighted by molar-refractivity contribution is 0.0923. The largest absolute Gasteiger partial charge is 0.349 e. The first kappa shape index (κ1) is 13.3. The van der Waals surface area contributed by atoms with Crippen LogP contribution in [0, 0.1) is 0 Å². The molecule has 0 saturated carbocycles. The van der Waals surface area contributed by atoms with E-state index >= 15 is 0 Å². The van der Waals surface area contributed by atoms with Crippen LogP contribution in [0.5, 0.6) is 0 Å². The van der Waals surface area contributed by atoms with Crippen molar-refractivity contribution in [1.82, 2.24) is 15.2 Å². The van der Waals surface area contributed by atoms with Gasteiger partial charge in [-0.15, -0.1) is 0 Å². The number of likely N-dealkylation sites (tertiary alicyclic amines) is 1. The van der Waals surface area contributed by atoms with E-state index in [1.165, 1.54) is 12.8 Å². The molecular formula is C13H18ClN3O. The number of rotatable bonds is 3. The lowest BCUT2D eigenvalue weighted by atomic mass is 10.0. The van der Waals surface area contributed by atoms with Crippen molar-refractivity contribution in [3.63, 3.8) is 0 Å². The van der Waals surface area contributed by atoms with Crippen LogP contribution in [0.4, 0.5) is 0 Å². The van der Waals surface area contributed by atoms with Crippen LogP contribution < -0.4 is 5.32 Å². The summed E-state index contributed by atoms with van der Waals surface area (Å²) in [5.41, 5.74) is 0.376. The molecule has 2 rings (SSSR count). The van der Waals surface area contributed by atoms with E-state index in [9.17, 15) is 4.79 Å². The Bertz CT molecular complexity index is 424. The predicted octanol–water partition coefficient (Wildman–Crippen LogP) is 1.95. The predicted molar refractivity (Wildman–Crippen MR) is 71.8 cm³/mol. The molecule has 0 spiro atoms. The highest BCUT2D eigenvalue weighted by atomic mass is 35.5. The Balaban J connectivity index is 1.88. The normalized spacial score (nSPS) is 20.7. The molecule has 18 heavy (non-hydrogen) atoms. The minimum absolute atomic E-state index is 0.156. The Morgan fingerprint density at radius 3 is 3.11 bits per heavy atom. The number of carbonyl (C=O) groups excluding carboxylic acids is 1. The summed E-state index contributed by atoms with van der Waals surface area (Å²) in [6, 6.07) is 5.50. The van der Waals surface area contributed by atoms with Gasteiger partial charge in [0.05, 0.1) is 0 Å². The van der Waals surface area contributed by atoms with E-state index in [0.717, 1.165) is 13.0 Å². The maximum absolute atomic E-state index is 11.9. The van der Waals surface area contributed by atoms with E-state index < -0.39 is 0 Å². The SMILES string of the molecule is CN1CCCCC1CNC(=O)c1cccc(Cl)n1. The lowest BCUT2D eigenvalue weighted by Gasteiger charge is -2.32. The third kappa shape index (κ3) is 3.43. The average Bonchev–Trinajstić information content (AvgIpc) is 2.37. The summed E-state index contributed by atoms with van der Waals surface area (Å²) >= 11 is 5.76. The van der Waals surface area contributed by atoms with E-state index in [2.05, 4.69) is 22.2 Å². The molecule has 1 aliphatic rings. The van der Waals surface area contributed by atoms with Gasteiger partial charge in [-0.2, -0.15) is 0 Å². The third-order valence-corrected chi connectivity index (χ3v) is 3.58. The summed E-state index contributed by atoms with van der Waals surface area (Å²) in [4.78, 5) is 18.2. The molecule has 5 heteroatoms. The molecule has 1 aromatic heterocycles. The second kappa shape index (κ2) is 6.16. The van der Waals surface area contributed by atoms with Crippen molar-refractivity contribution in [1.29, 1.82) is 0 Å². The molecule has 0 aromatic carbocycles. The number of aromatic nitrogens is 1. The molecular weight excluding hydrogens is 250 g/mol. The van der Waals surface area contributed by atoms with Gasteiger partial charge in [-0.3, -0.25) is 4.79 Å². The Labute approximate surface area is 112 Å². The zero-order valence-electron chi connectivity index (χ0n) is 10.5. The van der Waals surface area contributed by atoms with Crippen LogP contribution in [0.15, 0.2) is 18.2 Å². The molecule has 2 heterocycles. The molecule has 1 N–H and O–H groups in total. The average molecular weight is 268 g/mol. The zero-order valence-corrected chi connectivity index (χ0v) is 11.3. The van der Waals surface area contributed by atoms with E-state index in [0.29, 0.717) is 23.4 Å². The van der Waals surface area contributed by atoms with Gasteiger partial charge in [0.25, 0.3) is 5.91 Å². The Kier molecular flexibility index (Phi) is 4.55. The number of nitrogens with one attached hydrogen (secondary N) is 1. The first-order valence-electron chi connectivity index (χ1n) is 6.28. The molecule has 1 aliphatic heterocycles. The minimum Gasteiger partial charge on any atom is -0.349 e. The van der Waals surface area contributed by atoms with Gasteiger partial charge in [-0.25, -0.2) is 4.98 Å². The monoisotopic (exact) mass is 267 g/mol. The summed E-state index contributed by atoms with van der Waals surface area (Å²) in [5.74, 6) is -0.156. The Hall–Kier alpha value is -1.13. The van der Waals surface area contributed by atoms with Crippen molar-refractivity contribution in [3.8, 4) is 0 Å². The van der Waals surface area contributed by atoms with Crippen LogP contribution >= 0.6 is 11.6 Å². The van der Waals surface area contributed by atoms with E-state index in [1.54, 1.807) is 18.2 Å². The second-order valence-electron chi connectivity index (χ2n) is 4.69. The fraction of sp³-hybridized carbons (Fsp3) is 0.538. The molecule has 98 valence electrons. The van der Waals surface area contributed by atoms with Crippen molar-refractivity contribution in [3.05, 3.63) is 29.0 Å². The van der Waals surface area contributed by atoms with Crippen LogP contribution in [-0.2, 0) is 0 Å². The van der Waals surface area contributed by atoms with Crippen molar-refractivity contribution in [2.45, 2.75) is 25.3 Å². The number of carbonyl (C=O) groups is 1. The quantitative estimate of drug-likeness (QED) is 0.852. The highest BCUT2D eigenvalue weighted by molar-refractivity contribution is 6.29. The number of likely N-dealkylation sites (N-methyl/N-ethyl adjacent to an activating group) is 1. The van der Waals surface area contributed by atoms with Crippen LogP contribution in [0.3, 0.4) is 0 Å². The van der Waals surface area contributed by atoms with Crippen molar-refractivity contribution < 1.29 is 4.79 Å². The third-order valence-electron chi connectivity index (χ3n) is 3.37. The molecule has 0 bridgehead atoms. The summed E-state index contributed by atoms with van der Waals surface area (Å²) < 4.78 is 0. The van der Waals surface area contributed by atoms with Gasteiger partial charge >= 0.3 is 0 Å².